The summed E-state index contributed by atoms with van der Waals surface area (Å²) in [5, 5.41) is 22.2. The Labute approximate surface area is 244 Å². The van der Waals surface area contributed by atoms with Crippen molar-refractivity contribution in [2.45, 2.75) is 93.4 Å². The summed E-state index contributed by atoms with van der Waals surface area (Å²) in [5.74, 6) is -3.32. The third kappa shape index (κ3) is 6.42. The number of hydrogen-bond donors (Lipinski definition) is 2. The first-order chi connectivity index (χ1) is 19.2. The molecule has 222 valence electrons. The Kier molecular flexibility index (Phi) is 9.89. The summed E-state index contributed by atoms with van der Waals surface area (Å²) in [7, 11) is 0. The molecule has 3 rings (SSSR count). The van der Waals surface area contributed by atoms with Gasteiger partial charge in [-0.1, -0.05) is 81.3 Å². The second kappa shape index (κ2) is 12.6. The van der Waals surface area contributed by atoms with Gasteiger partial charge in [0, 0.05) is 11.8 Å². The first-order valence-electron chi connectivity index (χ1n) is 14.7. The van der Waals surface area contributed by atoms with Gasteiger partial charge in [-0.15, -0.1) is 0 Å². The van der Waals surface area contributed by atoms with E-state index in [1.54, 1.807) is 6.92 Å². The van der Waals surface area contributed by atoms with E-state index in [2.05, 4.69) is 19.9 Å². The van der Waals surface area contributed by atoms with Crippen molar-refractivity contribution in [3.05, 3.63) is 81.9 Å². The van der Waals surface area contributed by atoms with Gasteiger partial charge < -0.3 is 14.9 Å². The fourth-order valence-electron chi connectivity index (χ4n) is 6.29. The first kappa shape index (κ1) is 32.1. The molecule has 1 aromatic rings. The lowest BCUT2D eigenvalue weighted by Gasteiger charge is -2.53. The van der Waals surface area contributed by atoms with Gasteiger partial charge in [-0.2, -0.15) is 0 Å². The number of fused-ring (bicyclic) bond motifs is 1. The number of carbonyl (C=O) groups excluding carboxylic acids is 2. The highest BCUT2D eigenvalue weighted by atomic mass is 16.5. The van der Waals surface area contributed by atoms with Crippen LogP contribution in [0.4, 0.5) is 0 Å². The number of aliphatic hydroxyl groups is 1. The molecule has 6 nitrogen and oxygen atoms in total. The molecule has 1 aliphatic carbocycles. The van der Waals surface area contributed by atoms with Crippen molar-refractivity contribution in [2.24, 2.45) is 22.7 Å². The van der Waals surface area contributed by atoms with E-state index in [1.165, 1.54) is 0 Å². The molecule has 0 radical (unpaired) electrons. The van der Waals surface area contributed by atoms with Gasteiger partial charge in [0.1, 0.15) is 17.1 Å². The standard InChI is InChI=1S/C35H46O6/c1-9-23(6)30(38)28-31(39)35(18-17-22(4)5)20-25(16-15-21(2)3)34(7,8)29(32(35)41-33(28)40)26(19-27(36)37)24-13-11-10-12-14-24/h10-15,17,23,25-26,39H,9,16,18-20H2,1-8H3,(H,36,37). The molecule has 0 amide bonds. The summed E-state index contributed by atoms with van der Waals surface area (Å²) in [4.78, 5) is 39.4. The molecule has 1 aliphatic heterocycles. The molecule has 0 spiro atoms. The van der Waals surface area contributed by atoms with Crippen LogP contribution in [-0.4, -0.2) is 27.9 Å². The summed E-state index contributed by atoms with van der Waals surface area (Å²) in [5.41, 5.74) is 1.62. The van der Waals surface area contributed by atoms with E-state index >= 15 is 0 Å². The maximum atomic E-state index is 13.6. The van der Waals surface area contributed by atoms with Crippen LogP contribution in [0, 0.1) is 22.7 Å². The van der Waals surface area contributed by atoms with E-state index in [0.717, 1.165) is 16.7 Å². The van der Waals surface area contributed by atoms with E-state index in [1.807, 2.05) is 71.0 Å². The van der Waals surface area contributed by atoms with Crippen molar-refractivity contribution < 1.29 is 29.3 Å². The Bertz CT molecular complexity index is 1300. The molecule has 2 aliphatic rings. The molecule has 0 aromatic heterocycles. The number of allylic oxidation sites excluding steroid dienone is 5. The predicted octanol–water partition coefficient (Wildman–Crippen LogP) is 8.23. The Morgan fingerprint density at radius 3 is 2.22 bits per heavy atom. The molecule has 6 heteroatoms. The Morgan fingerprint density at radius 2 is 1.68 bits per heavy atom. The SMILES string of the molecule is CCC(C)C(=O)C1=C(O)C2(CC=C(C)C)CC(CC=C(C)C)C(C)(C)C(C(CC(=O)O)c3ccccc3)=C2OC1=O. The quantitative estimate of drug-likeness (QED) is 0.160. The third-order valence-corrected chi connectivity index (χ3v) is 8.98. The molecular formula is C35H46O6. The number of benzene rings is 1. The van der Waals surface area contributed by atoms with Crippen molar-refractivity contribution >= 4 is 17.7 Å². The highest BCUT2D eigenvalue weighted by Crippen LogP contribution is 2.63. The average molecular weight is 563 g/mol. The van der Waals surface area contributed by atoms with E-state index in [-0.39, 0.29) is 23.7 Å². The van der Waals surface area contributed by atoms with Crippen LogP contribution in [0.5, 0.6) is 0 Å². The number of rotatable bonds is 11. The lowest BCUT2D eigenvalue weighted by atomic mass is 9.53. The number of esters is 1. The van der Waals surface area contributed by atoms with Crippen LogP contribution < -0.4 is 0 Å². The van der Waals surface area contributed by atoms with Gasteiger partial charge in [0.05, 0.1) is 11.8 Å². The zero-order valence-corrected chi connectivity index (χ0v) is 25.8. The number of carboxylic acid groups (broad SMARTS) is 1. The van der Waals surface area contributed by atoms with Gasteiger partial charge in [-0.3, -0.25) is 9.59 Å². The minimum atomic E-state index is -1.18. The lowest BCUT2D eigenvalue weighted by Crippen LogP contribution is -2.48. The summed E-state index contributed by atoms with van der Waals surface area (Å²) in [6.07, 6.45) is 5.93. The number of Topliss-reactive ketones (excluding diaryl/α,β-unsaturated/α-hetero) is 1. The Balaban J connectivity index is 2.50. The highest BCUT2D eigenvalue weighted by molar-refractivity contribution is 6.19. The summed E-state index contributed by atoms with van der Waals surface area (Å²) >= 11 is 0. The average Bonchev–Trinajstić information content (AvgIpc) is 2.90. The van der Waals surface area contributed by atoms with E-state index < -0.39 is 40.4 Å². The number of carbonyl (C=O) groups is 3. The minimum Gasteiger partial charge on any atom is -0.510 e. The fraction of sp³-hybridized carbons (Fsp3) is 0.514. The van der Waals surface area contributed by atoms with Crippen LogP contribution in [0.25, 0.3) is 0 Å². The van der Waals surface area contributed by atoms with Gasteiger partial charge in [0.2, 0.25) is 0 Å². The van der Waals surface area contributed by atoms with E-state index in [4.69, 9.17) is 4.74 Å². The van der Waals surface area contributed by atoms with E-state index in [9.17, 15) is 24.6 Å². The third-order valence-electron chi connectivity index (χ3n) is 8.98. The largest absolute Gasteiger partial charge is 0.510 e. The summed E-state index contributed by atoms with van der Waals surface area (Å²) in [6, 6.07) is 9.41. The molecule has 0 saturated carbocycles. The summed E-state index contributed by atoms with van der Waals surface area (Å²) < 4.78 is 6.20. The zero-order valence-electron chi connectivity index (χ0n) is 25.8. The van der Waals surface area contributed by atoms with Crippen LogP contribution in [0.1, 0.15) is 99.0 Å². The Hall–Kier alpha value is -3.41. The molecule has 4 atom stereocenters. The van der Waals surface area contributed by atoms with Crippen molar-refractivity contribution in [3.63, 3.8) is 0 Å². The van der Waals surface area contributed by atoms with Gasteiger partial charge in [-0.25, -0.2) is 4.79 Å². The molecule has 2 N–H and O–H groups in total. The van der Waals surface area contributed by atoms with E-state index in [0.29, 0.717) is 37.0 Å². The van der Waals surface area contributed by atoms with Crippen LogP contribution in [0.15, 0.2) is 76.3 Å². The van der Waals surface area contributed by atoms with Crippen molar-refractivity contribution in [3.8, 4) is 0 Å². The van der Waals surface area contributed by atoms with Crippen LogP contribution in [-0.2, 0) is 19.1 Å². The minimum absolute atomic E-state index is 0.0411. The normalized spacial score (nSPS) is 23.2. The van der Waals surface area contributed by atoms with Crippen molar-refractivity contribution in [1.82, 2.24) is 0 Å². The van der Waals surface area contributed by atoms with Gasteiger partial charge in [0.25, 0.3) is 0 Å². The van der Waals surface area contributed by atoms with Gasteiger partial charge in [0.15, 0.2) is 5.78 Å². The predicted molar refractivity (Wildman–Crippen MR) is 161 cm³/mol. The first-order valence-corrected chi connectivity index (χ1v) is 14.7. The summed E-state index contributed by atoms with van der Waals surface area (Å²) in [6.45, 7) is 15.8. The topological polar surface area (TPSA) is 101 Å². The molecule has 1 heterocycles. The number of carboxylic acids is 1. The second-order valence-electron chi connectivity index (χ2n) is 12.8. The zero-order chi connectivity index (χ0) is 30.7. The molecule has 1 aromatic carbocycles. The van der Waals surface area contributed by atoms with Gasteiger partial charge >= 0.3 is 11.9 Å². The highest BCUT2D eigenvalue weighted by Gasteiger charge is 2.58. The number of hydrogen-bond acceptors (Lipinski definition) is 5. The maximum absolute atomic E-state index is 13.6. The van der Waals surface area contributed by atoms with Crippen LogP contribution >= 0.6 is 0 Å². The molecule has 0 saturated heterocycles. The fourth-order valence-corrected chi connectivity index (χ4v) is 6.29. The number of aliphatic hydroxyl groups excluding tert-OH is 1. The Morgan fingerprint density at radius 1 is 1.07 bits per heavy atom. The number of ether oxygens (including phenoxy) is 1. The molecule has 4 unspecified atom stereocenters. The van der Waals surface area contributed by atoms with Gasteiger partial charge in [-0.05, 0) is 75.8 Å². The van der Waals surface area contributed by atoms with Crippen molar-refractivity contribution in [2.75, 3.05) is 0 Å². The smallest absolute Gasteiger partial charge is 0.350 e. The lowest BCUT2D eigenvalue weighted by molar-refractivity contribution is -0.143. The molecular weight excluding hydrogens is 516 g/mol. The second-order valence-corrected chi connectivity index (χ2v) is 12.8. The number of aliphatic carboxylic acids is 1. The molecule has 0 bridgehead atoms. The molecule has 0 fully saturated rings. The van der Waals surface area contributed by atoms with Crippen molar-refractivity contribution in [1.29, 1.82) is 0 Å². The van der Waals surface area contributed by atoms with Crippen LogP contribution in [0.3, 0.4) is 0 Å². The maximum Gasteiger partial charge on any atom is 0.350 e. The monoisotopic (exact) mass is 562 g/mol. The molecule has 41 heavy (non-hydrogen) atoms. The number of ketones is 1. The van der Waals surface area contributed by atoms with Crippen LogP contribution in [0.2, 0.25) is 0 Å².